The number of benzene rings is 2. The number of carbonyl (C=O) groups excluding carboxylic acids is 1. The number of Topliss-reactive ketones (excluding diaryl/α,β-unsaturated/α-hetero) is 1. The van der Waals surface area contributed by atoms with E-state index in [1.165, 1.54) is 6.33 Å². The lowest BCUT2D eigenvalue weighted by molar-refractivity contribution is -0.137. The highest BCUT2D eigenvalue weighted by molar-refractivity contribution is 5.98. The van der Waals surface area contributed by atoms with Crippen LogP contribution in [0.2, 0.25) is 0 Å². The molecule has 1 N–H and O–H groups in total. The van der Waals surface area contributed by atoms with Crippen LogP contribution in [0.4, 0.5) is 30.4 Å². The number of alkyl halides is 3. The second-order valence-corrected chi connectivity index (χ2v) is 10.8. The number of aromatic nitrogens is 4. The zero-order chi connectivity index (χ0) is 30.0. The molecule has 1 aliphatic heterocycles. The highest BCUT2D eigenvalue weighted by Gasteiger charge is 2.33. The van der Waals surface area contributed by atoms with Gasteiger partial charge in [-0.2, -0.15) is 23.0 Å². The van der Waals surface area contributed by atoms with Crippen molar-refractivity contribution in [2.24, 2.45) is 0 Å². The quantitative estimate of drug-likeness (QED) is 0.263. The third-order valence-electron chi connectivity index (χ3n) is 7.75. The van der Waals surface area contributed by atoms with Crippen molar-refractivity contribution in [2.75, 3.05) is 36.9 Å². The molecule has 4 aromatic rings. The molecule has 1 aliphatic rings. The molecule has 220 valence electrons. The van der Waals surface area contributed by atoms with Crippen LogP contribution >= 0.6 is 0 Å². The predicted octanol–water partition coefficient (Wildman–Crippen LogP) is 5.86. The van der Waals surface area contributed by atoms with Crippen molar-refractivity contribution < 1.29 is 18.0 Å². The van der Waals surface area contributed by atoms with Gasteiger partial charge >= 0.3 is 6.18 Å². The average molecular weight is 578 g/mol. The van der Waals surface area contributed by atoms with E-state index < -0.39 is 11.7 Å². The number of nitrogens with zero attached hydrogens (tertiary/aromatic N) is 6. The van der Waals surface area contributed by atoms with E-state index in [4.69, 9.17) is 0 Å². The highest BCUT2D eigenvalue weighted by atomic mass is 19.4. The number of piperazine rings is 1. The largest absolute Gasteiger partial charge is 0.416 e. The fourth-order valence-corrected chi connectivity index (χ4v) is 5.02. The first-order chi connectivity index (χ1) is 20.0. The van der Waals surface area contributed by atoms with Gasteiger partial charge in [0.25, 0.3) is 0 Å². The molecule has 0 amide bonds. The van der Waals surface area contributed by atoms with Gasteiger partial charge in [-0.3, -0.25) is 4.79 Å². The summed E-state index contributed by atoms with van der Waals surface area (Å²) in [5, 5.41) is 7.76. The monoisotopic (exact) mass is 577 g/mol. The van der Waals surface area contributed by atoms with Crippen LogP contribution in [0.3, 0.4) is 0 Å². The molecule has 3 heterocycles. The third kappa shape index (κ3) is 6.46. The molecule has 0 bridgehead atoms. The lowest BCUT2D eigenvalue weighted by Gasteiger charge is -2.39. The number of carbonyl (C=O) groups is 1. The van der Waals surface area contributed by atoms with Crippen molar-refractivity contribution in [1.29, 1.82) is 0 Å². The molecule has 0 spiro atoms. The molecule has 42 heavy (non-hydrogen) atoms. The molecule has 8 nitrogen and oxygen atoms in total. The molecular formula is C31H34F3N7O. The predicted molar refractivity (Wildman–Crippen MR) is 157 cm³/mol. The minimum atomic E-state index is -4.56. The summed E-state index contributed by atoms with van der Waals surface area (Å²) in [6, 6.07) is 13.1. The number of hydrogen-bond donors (Lipinski definition) is 1. The van der Waals surface area contributed by atoms with E-state index in [0.717, 1.165) is 42.0 Å². The molecule has 0 aliphatic carbocycles. The Morgan fingerprint density at radius 3 is 2.62 bits per heavy atom. The van der Waals surface area contributed by atoms with Crippen LogP contribution in [0.25, 0.3) is 5.82 Å². The fraction of sp³-hybridized carbons (Fsp3) is 0.355. The molecule has 0 radical (unpaired) electrons. The molecule has 0 saturated carbocycles. The van der Waals surface area contributed by atoms with E-state index in [1.807, 2.05) is 63.1 Å². The van der Waals surface area contributed by atoms with E-state index >= 15 is 0 Å². The van der Waals surface area contributed by atoms with Crippen LogP contribution < -0.4 is 10.2 Å². The molecular weight excluding hydrogens is 543 g/mol. The molecule has 5 rings (SSSR count). The Bertz CT molecular complexity index is 1580. The topological polar surface area (TPSA) is 79.2 Å². The number of likely N-dealkylation sites (N-methyl/N-ethyl adjacent to an activating group) is 1. The Hall–Kier alpha value is -4.25. The van der Waals surface area contributed by atoms with Gasteiger partial charge in [0, 0.05) is 66.9 Å². The maximum absolute atomic E-state index is 13.9. The van der Waals surface area contributed by atoms with Crippen molar-refractivity contribution in [3.63, 3.8) is 0 Å². The van der Waals surface area contributed by atoms with E-state index in [1.54, 1.807) is 16.9 Å². The number of hydrogen-bond acceptors (Lipinski definition) is 7. The molecule has 2 aromatic heterocycles. The minimum Gasteiger partial charge on any atom is -0.369 e. The van der Waals surface area contributed by atoms with Gasteiger partial charge in [-0.15, -0.1) is 0 Å². The SMILES string of the molecule is CCc1cc(-n2nccc2Nc2cc(CC(=O)c3cc(N4CCN(C)[C@H](C)C4)cc(C(F)(F)F)c3)ccc2C)ncn1. The summed E-state index contributed by atoms with van der Waals surface area (Å²) in [5.74, 6) is 0.914. The normalized spacial score (nSPS) is 16.1. The van der Waals surface area contributed by atoms with Gasteiger partial charge in [0.1, 0.15) is 12.1 Å². The van der Waals surface area contributed by atoms with E-state index in [9.17, 15) is 18.0 Å². The maximum Gasteiger partial charge on any atom is 0.416 e. The fourth-order valence-electron chi connectivity index (χ4n) is 5.02. The summed E-state index contributed by atoms with van der Waals surface area (Å²) in [7, 11) is 2.00. The summed E-state index contributed by atoms with van der Waals surface area (Å²) < 4.78 is 43.2. The number of rotatable bonds is 8. The van der Waals surface area contributed by atoms with Gasteiger partial charge in [0.05, 0.1) is 11.8 Å². The highest BCUT2D eigenvalue weighted by Crippen LogP contribution is 2.34. The Morgan fingerprint density at radius 1 is 1.07 bits per heavy atom. The first-order valence-corrected chi connectivity index (χ1v) is 13.9. The Kier molecular flexibility index (Phi) is 8.31. The minimum absolute atomic E-state index is 0.0418. The van der Waals surface area contributed by atoms with Crippen LogP contribution in [0, 0.1) is 6.92 Å². The van der Waals surface area contributed by atoms with Crippen LogP contribution in [0.5, 0.6) is 0 Å². The molecule has 1 atom stereocenters. The van der Waals surface area contributed by atoms with Gasteiger partial charge in [-0.05, 0) is 62.7 Å². The zero-order valence-corrected chi connectivity index (χ0v) is 24.1. The van der Waals surface area contributed by atoms with Crippen LogP contribution in [-0.2, 0) is 19.0 Å². The van der Waals surface area contributed by atoms with Gasteiger partial charge in [-0.1, -0.05) is 19.1 Å². The molecule has 11 heteroatoms. The van der Waals surface area contributed by atoms with Crippen molar-refractivity contribution >= 4 is 23.0 Å². The van der Waals surface area contributed by atoms with Gasteiger partial charge in [0.2, 0.25) is 0 Å². The summed E-state index contributed by atoms with van der Waals surface area (Å²) in [4.78, 5) is 26.1. The molecule has 2 aromatic carbocycles. The Balaban J connectivity index is 1.39. The maximum atomic E-state index is 13.9. The number of halogens is 3. The molecule has 1 saturated heterocycles. The van der Waals surface area contributed by atoms with E-state index in [2.05, 4.69) is 25.3 Å². The van der Waals surface area contributed by atoms with Gasteiger partial charge in [0.15, 0.2) is 11.6 Å². The van der Waals surface area contributed by atoms with Crippen molar-refractivity contribution in [3.05, 3.63) is 89.0 Å². The first-order valence-electron chi connectivity index (χ1n) is 13.9. The summed E-state index contributed by atoms with van der Waals surface area (Å²) in [6.45, 7) is 7.90. The van der Waals surface area contributed by atoms with Crippen molar-refractivity contribution in [1.82, 2.24) is 24.6 Å². The zero-order valence-electron chi connectivity index (χ0n) is 24.1. The van der Waals surface area contributed by atoms with Gasteiger partial charge in [-0.25, -0.2) is 9.97 Å². The summed E-state index contributed by atoms with van der Waals surface area (Å²) in [5.41, 5.74) is 2.91. The van der Waals surface area contributed by atoms with Gasteiger partial charge < -0.3 is 15.1 Å². The Morgan fingerprint density at radius 2 is 1.88 bits per heavy atom. The smallest absolute Gasteiger partial charge is 0.369 e. The average Bonchev–Trinajstić information content (AvgIpc) is 3.43. The van der Waals surface area contributed by atoms with Crippen LogP contribution in [-0.4, -0.2) is 63.2 Å². The number of anilines is 3. The lowest BCUT2D eigenvalue weighted by atomic mass is 9.98. The van der Waals surface area contributed by atoms with Crippen LogP contribution in [0.1, 0.15) is 46.6 Å². The second-order valence-electron chi connectivity index (χ2n) is 10.8. The number of nitrogens with one attached hydrogen (secondary N) is 1. The van der Waals surface area contributed by atoms with E-state index in [-0.39, 0.29) is 23.8 Å². The third-order valence-corrected chi connectivity index (χ3v) is 7.75. The van der Waals surface area contributed by atoms with Crippen LogP contribution in [0.15, 0.2) is 61.1 Å². The second kappa shape index (κ2) is 11.9. The molecule has 0 unspecified atom stereocenters. The lowest BCUT2D eigenvalue weighted by Crippen LogP contribution is -2.50. The number of ketones is 1. The van der Waals surface area contributed by atoms with Crippen molar-refractivity contribution in [3.8, 4) is 5.82 Å². The molecule has 1 fully saturated rings. The summed E-state index contributed by atoms with van der Waals surface area (Å²) in [6.07, 6.45) is -0.684. The first kappa shape index (κ1) is 29.2. The van der Waals surface area contributed by atoms with E-state index in [0.29, 0.717) is 36.0 Å². The summed E-state index contributed by atoms with van der Waals surface area (Å²) >= 11 is 0. The standard InChI is InChI=1S/C31H34F3N7O/c1-5-25-17-30(36-19-35-25)41-29(8-9-37-41)38-27-12-22(7-6-20(27)2)13-28(42)23-14-24(31(32,33)34)16-26(15-23)40-11-10-39(4)21(3)18-40/h6-9,12,14-17,19,21,38H,5,10-11,13,18H2,1-4H3/t21-/m1/s1. The number of aryl methyl sites for hydroxylation is 2. The van der Waals surface area contributed by atoms with Crippen molar-refractivity contribution in [2.45, 2.75) is 45.8 Å². The Labute approximate surface area is 243 Å².